The summed E-state index contributed by atoms with van der Waals surface area (Å²) in [5.74, 6) is 2.96. The number of aromatic hydroxyl groups is 1. The fourth-order valence-electron chi connectivity index (χ4n) is 4.07. The Morgan fingerprint density at radius 1 is 0.750 bits per heavy atom. The monoisotopic (exact) mass is 434 g/mol. The molecule has 6 nitrogen and oxygen atoms in total. The number of fused-ring (bicyclic) bond motifs is 1. The maximum Gasteiger partial charge on any atom is 0.203 e. The second-order valence-corrected chi connectivity index (χ2v) is 7.25. The van der Waals surface area contributed by atoms with Crippen molar-refractivity contribution >= 4 is 11.1 Å². The highest BCUT2D eigenvalue weighted by atomic mass is 16.5. The minimum Gasteiger partial charge on any atom is -0.504 e. The fraction of sp³-hybridized carbons (Fsp3) is 0.231. The largest absolute Gasteiger partial charge is 0.504 e. The zero-order valence-corrected chi connectivity index (χ0v) is 18.6. The van der Waals surface area contributed by atoms with Crippen molar-refractivity contribution in [1.82, 2.24) is 0 Å². The van der Waals surface area contributed by atoms with Gasteiger partial charge in [-0.1, -0.05) is 24.3 Å². The zero-order valence-electron chi connectivity index (χ0n) is 18.6. The SMILES string of the molecule is COc1ccc(C2=C(c3cc(OC)c(OC)c(OC)c3)c3ccccc3OCC2)cc1O. The average molecular weight is 434 g/mol. The molecule has 1 N–H and O–H groups in total. The summed E-state index contributed by atoms with van der Waals surface area (Å²) in [6, 6.07) is 17.2. The topological polar surface area (TPSA) is 66.4 Å². The van der Waals surface area contributed by atoms with Gasteiger partial charge in [0.2, 0.25) is 5.75 Å². The number of methoxy groups -OCH3 is 4. The van der Waals surface area contributed by atoms with Crippen molar-refractivity contribution in [2.24, 2.45) is 0 Å². The standard InChI is InChI=1S/C26H26O6/c1-28-22-10-9-16(13-20(22)27)18-11-12-32-21-8-6-5-7-19(21)25(18)17-14-23(29-2)26(31-4)24(15-17)30-3/h5-10,13-15,27H,11-12H2,1-4H3. The Labute approximate surface area is 187 Å². The van der Waals surface area contributed by atoms with Crippen molar-refractivity contribution in [3.8, 4) is 34.5 Å². The third-order valence-corrected chi connectivity index (χ3v) is 5.55. The number of phenols is 1. The van der Waals surface area contributed by atoms with Crippen LogP contribution >= 0.6 is 0 Å². The first-order chi connectivity index (χ1) is 15.6. The summed E-state index contributed by atoms with van der Waals surface area (Å²) in [5, 5.41) is 10.4. The van der Waals surface area contributed by atoms with Gasteiger partial charge in [-0.3, -0.25) is 0 Å². The Morgan fingerprint density at radius 3 is 2.06 bits per heavy atom. The smallest absolute Gasteiger partial charge is 0.203 e. The summed E-state index contributed by atoms with van der Waals surface area (Å²) < 4.78 is 28.0. The van der Waals surface area contributed by atoms with Gasteiger partial charge in [-0.15, -0.1) is 0 Å². The van der Waals surface area contributed by atoms with E-state index in [0.717, 1.165) is 33.6 Å². The highest BCUT2D eigenvalue weighted by Gasteiger charge is 2.24. The molecule has 1 aliphatic rings. The Morgan fingerprint density at radius 2 is 1.44 bits per heavy atom. The Hall–Kier alpha value is -3.80. The van der Waals surface area contributed by atoms with E-state index < -0.39 is 0 Å². The molecule has 0 atom stereocenters. The van der Waals surface area contributed by atoms with E-state index in [2.05, 4.69) is 0 Å². The van der Waals surface area contributed by atoms with Crippen LogP contribution in [-0.4, -0.2) is 40.2 Å². The van der Waals surface area contributed by atoms with E-state index in [-0.39, 0.29) is 5.75 Å². The summed E-state index contributed by atoms with van der Waals surface area (Å²) >= 11 is 0. The summed E-state index contributed by atoms with van der Waals surface area (Å²) in [4.78, 5) is 0. The molecule has 166 valence electrons. The van der Waals surface area contributed by atoms with Crippen LogP contribution in [-0.2, 0) is 0 Å². The summed E-state index contributed by atoms with van der Waals surface area (Å²) in [6.45, 7) is 0.507. The molecule has 6 heteroatoms. The Kier molecular flexibility index (Phi) is 6.12. The Balaban J connectivity index is 2.04. The second-order valence-electron chi connectivity index (χ2n) is 7.25. The quantitative estimate of drug-likeness (QED) is 0.578. The highest BCUT2D eigenvalue weighted by molar-refractivity contribution is 6.01. The molecule has 32 heavy (non-hydrogen) atoms. The van der Waals surface area contributed by atoms with Crippen LogP contribution in [0, 0.1) is 0 Å². The minimum atomic E-state index is 0.0835. The molecule has 0 bridgehead atoms. The number of hydrogen-bond donors (Lipinski definition) is 1. The first-order valence-electron chi connectivity index (χ1n) is 10.2. The van der Waals surface area contributed by atoms with Crippen LogP contribution in [0.25, 0.3) is 11.1 Å². The van der Waals surface area contributed by atoms with E-state index in [9.17, 15) is 5.11 Å². The molecule has 4 rings (SSSR count). The number of benzene rings is 3. The lowest BCUT2D eigenvalue weighted by Gasteiger charge is -2.19. The third-order valence-electron chi connectivity index (χ3n) is 5.55. The first kappa shape index (κ1) is 21.4. The molecule has 0 unspecified atom stereocenters. The number of para-hydroxylation sites is 1. The van der Waals surface area contributed by atoms with E-state index in [1.165, 1.54) is 7.11 Å². The number of phenolic OH excluding ortho intramolecular Hbond substituents is 1. The normalized spacial score (nSPS) is 13.0. The van der Waals surface area contributed by atoms with Crippen molar-refractivity contribution in [1.29, 1.82) is 0 Å². The van der Waals surface area contributed by atoms with Crippen molar-refractivity contribution < 1.29 is 28.8 Å². The second kappa shape index (κ2) is 9.14. The van der Waals surface area contributed by atoms with Crippen LogP contribution in [0.5, 0.6) is 34.5 Å². The van der Waals surface area contributed by atoms with Crippen molar-refractivity contribution in [2.75, 3.05) is 35.0 Å². The van der Waals surface area contributed by atoms with E-state index in [4.69, 9.17) is 23.7 Å². The van der Waals surface area contributed by atoms with E-state index in [1.54, 1.807) is 33.5 Å². The molecule has 0 aliphatic carbocycles. The molecule has 0 fully saturated rings. The molecular weight excluding hydrogens is 408 g/mol. The highest BCUT2D eigenvalue weighted by Crippen LogP contribution is 2.46. The number of ether oxygens (including phenoxy) is 5. The summed E-state index contributed by atoms with van der Waals surface area (Å²) in [5.41, 5.74) is 4.73. The lowest BCUT2D eigenvalue weighted by Crippen LogP contribution is -1.99. The number of rotatable bonds is 6. The summed E-state index contributed by atoms with van der Waals surface area (Å²) in [6.07, 6.45) is 0.645. The zero-order chi connectivity index (χ0) is 22.7. The van der Waals surface area contributed by atoms with E-state index in [1.807, 2.05) is 42.5 Å². The molecular formula is C26H26O6. The van der Waals surface area contributed by atoms with Gasteiger partial charge in [0.15, 0.2) is 23.0 Å². The van der Waals surface area contributed by atoms with Crippen LogP contribution < -0.4 is 23.7 Å². The van der Waals surface area contributed by atoms with E-state index in [0.29, 0.717) is 36.0 Å². The molecule has 0 radical (unpaired) electrons. The van der Waals surface area contributed by atoms with Gasteiger partial charge >= 0.3 is 0 Å². The molecule has 0 spiro atoms. The molecule has 0 aromatic heterocycles. The van der Waals surface area contributed by atoms with Gasteiger partial charge in [-0.05, 0) is 52.6 Å². The van der Waals surface area contributed by atoms with Gasteiger partial charge in [0.1, 0.15) is 5.75 Å². The van der Waals surface area contributed by atoms with Gasteiger partial charge in [0.25, 0.3) is 0 Å². The Bertz CT molecular complexity index is 1140. The van der Waals surface area contributed by atoms with Crippen LogP contribution in [0.15, 0.2) is 54.6 Å². The number of hydrogen-bond acceptors (Lipinski definition) is 6. The van der Waals surface area contributed by atoms with Crippen LogP contribution in [0.1, 0.15) is 23.1 Å². The molecule has 3 aromatic rings. The predicted octanol–water partition coefficient (Wildman–Crippen LogP) is 5.17. The van der Waals surface area contributed by atoms with Crippen LogP contribution in [0.2, 0.25) is 0 Å². The fourth-order valence-corrected chi connectivity index (χ4v) is 4.07. The lowest BCUT2D eigenvalue weighted by molar-refractivity contribution is 0.324. The van der Waals surface area contributed by atoms with Crippen molar-refractivity contribution in [2.45, 2.75) is 6.42 Å². The van der Waals surface area contributed by atoms with Gasteiger partial charge in [0.05, 0.1) is 35.0 Å². The van der Waals surface area contributed by atoms with Gasteiger partial charge in [-0.25, -0.2) is 0 Å². The molecule has 3 aromatic carbocycles. The molecule has 0 saturated heterocycles. The summed E-state index contributed by atoms with van der Waals surface area (Å²) in [7, 11) is 6.31. The van der Waals surface area contributed by atoms with Crippen LogP contribution in [0.4, 0.5) is 0 Å². The maximum atomic E-state index is 10.4. The lowest BCUT2D eigenvalue weighted by atomic mass is 9.87. The van der Waals surface area contributed by atoms with Gasteiger partial charge in [0, 0.05) is 12.0 Å². The van der Waals surface area contributed by atoms with Crippen LogP contribution in [0.3, 0.4) is 0 Å². The average Bonchev–Trinajstić information content (AvgIpc) is 3.02. The molecule has 1 heterocycles. The molecule has 0 amide bonds. The van der Waals surface area contributed by atoms with Gasteiger partial charge < -0.3 is 28.8 Å². The molecule has 0 saturated carbocycles. The van der Waals surface area contributed by atoms with Gasteiger partial charge in [-0.2, -0.15) is 0 Å². The predicted molar refractivity (Wildman–Crippen MR) is 123 cm³/mol. The van der Waals surface area contributed by atoms with Crippen molar-refractivity contribution in [3.05, 3.63) is 71.3 Å². The van der Waals surface area contributed by atoms with Crippen molar-refractivity contribution in [3.63, 3.8) is 0 Å². The minimum absolute atomic E-state index is 0.0835. The maximum absolute atomic E-state index is 10.4. The third kappa shape index (κ3) is 3.80. The molecule has 1 aliphatic heterocycles. The first-order valence-corrected chi connectivity index (χ1v) is 10.2. The van der Waals surface area contributed by atoms with E-state index >= 15 is 0 Å².